The molecule has 4 nitrogen and oxygen atoms in total. The lowest BCUT2D eigenvalue weighted by Crippen LogP contribution is -2.36. The van der Waals surface area contributed by atoms with E-state index in [-0.39, 0.29) is 0 Å². The molecule has 118 valence electrons. The Bertz CT molecular complexity index is 639. The van der Waals surface area contributed by atoms with Crippen LogP contribution in [-0.2, 0) is 11.3 Å². The molecule has 0 fully saturated rings. The molecule has 0 spiro atoms. The van der Waals surface area contributed by atoms with E-state index in [4.69, 9.17) is 4.74 Å². The van der Waals surface area contributed by atoms with Crippen molar-refractivity contribution in [2.75, 3.05) is 7.11 Å². The second-order valence-electron chi connectivity index (χ2n) is 5.43. The van der Waals surface area contributed by atoms with Crippen molar-refractivity contribution < 1.29 is 14.6 Å². The lowest BCUT2D eigenvalue weighted by Gasteiger charge is -2.15. The van der Waals surface area contributed by atoms with Gasteiger partial charge < -0.3 is 15.2 Å². The standard InChI is InChI=1S/C18H23NO3/c1-3-4-9-16(18(20)21)19-12-13-10-14-7-5-6-8-15(14)17(11-13)22-2/h5-8,10-11,16,19H,3-4,9,12H2,1-2H3,(H,20,21)/t16-/m0/s1. The highest BCUT2D eigenvalue weighted by atomic mass is 16.5. The summed E-state index contributed by atoms with van der Waals surface area (Å²) in [5, 5.41) is 14.6. The smallest absolute Gasteiger partial charge is 0.320 e. The zero-order chi connectivity index (χ0) is 15.9. The molecule has 0 saturated heterocycles. The highest BCUT2D eigenvalue weighted by Gasteiger charge is 2.16. The summed E-state index contributed by atoms with van der Waals surface area (Å²) < 4.78 is 5.44. The van der Waals surface area contributed by atoms with E-state index < -0.39 is 12.0 Å². The first kappa shape index (κ1) is 16.3. The molecule has 2 rings (SSSR count). The maximum atomic E-state index is 11.3. The van der Waals surface area contributed by atoms with Crippen LogP contribution >= 0.6 is 0 Å². The van der Waals surface area contributed by atoms with Crippen molar-refractivity contribution in [3.8, 4) is 5.75 Å². The van der Waals surface area contributed by atoms with Crippen molar-refractivity contribution >= 4 is 16.7 Å². The van der Waals surface area contributed by atoms with E-state index in [0.29, 0.717) is 13.0 Å². The number of rotatable bonds is 8. The van der Waals surface area contributed by atoms with Crippen molar-refractivity contribution in [2.45, 2.75) is 38.8 Å². The van der Waals surface area contributed by atoms with Crippen LogP contribution in [0.5, 0.6) is 5.75 Å². The fourth-order valence-electron chi connectivity index (χ4n) is 2.57. The van der Waals surface area contributed by atoms with Crippen LogP contribution in [0.4, 0.5) is 0 Å². The Morgan fingerprint density at radius 2 is 2.09 bits per heavy atom. The van der Waals surface area contributed by atoms with E-state index in [9.17, 15) is 9.90 Å². The molecule has 0 radical (unpaired) electrons. The van der Waals surface area contributed by atoms with Crippen molar-refractivity contribution in [2.24, 2.45) is 0 Å². The molecule has 2 aromatic carbocycles. The molecule has 0 aromatic heterocycles. The van der Waals surface area contributed by atoms with Gasteiger partial charge in [0.15, 0.2) is 0 Å². The Morgan fingerprint density at radius 1 is 1.32 bits per heavy atom. The minimum absolute atomic E-state index is 0.502. The lowest BCUT2D eigenvalue weighted by atomic mass is 10.0. The number of aliphatic carboxylic acids is 1. The van der Waals surface area contributed by atoms with Crippen LogP contribution in [0.25, 0.3) is 10.8 Å². The van der Waals surface area contributed by atoms with Crippen LogP contribution in [-0.4, -0.2) is 24.2 Å². The second-order valence-corrected chi connectivity index (χ2v) is 5.43. The molecule has 0 amide bonds. The van der Waals surface area contributed by atoms with Gasteiger partial charge >= 0.3 is 5.97 Å². The summed E-state index contributed by atoms with van der Waals surface area (Å²) in [6, 6.07) is 11.6. The number of carbonyl (C=O) groups is 1. The molecule has 0 bridgehead atoms. The number of hydrogen-bond donors (Lipinski definition) is 2. The third kappa shape index (κ3) is 3.98. The van der Waals surface area contributed by atoms with Gasteiger partial charge in [-0.3, -0.25) is 4.79 Å². The summed E-state index contributed by atoms with van der Waals surface area (Å²) >= 11 is 0. The average Bonchev–Trinajstić information content (AvgIpc) is 2.53. The number of nitrogens with one attached hydrogen (secondary N) is 1. The second kappa shape index (κ2) is 7.80. The molecule has 0 aliphatic heterocycles. The fourth-order valence-corrected chi connectivity index (χ4v) is 2.57. The van der Waals surface area contributed by atoms with Crippen molar-refractivity contribution in [3.63, 3.8) is 0 Å². The number of unbranched alkanes of at least 4 members (excludes halogenated alkanes) is 1. The Kier molecular flexibility index (Phi) is 5.78. The van der Waals surface area contributed by atoms with E-state index in [1.807, 2.05) is 30.3 Å². The van der Waals surface area contributed by atoms with Crippen LogP contribution in [0.1, 0.15) is 31.7 Å². The Hall–Kier alpha value is -2.07. The normalized spacial score (nSPS) is 12.3. The van der Waals surface area contributed by atoms with Gasteiger partial charge in [-0.05, 0) is 29.5 Å². The summed E-state index contributed by atoms with van der Waals surface area (Å²) in [6.45, 7) is 2.58. The van der Waals surface area contributed by atoms with Gasteiger partial charge in [0.1, 0.15) is 11.8 Å². The predicted octanol–water partition coefficient (Wildman–Crippen LogP) is 3.58. The Morgan fingerprint density at radius 3 is 2.77 bits per heavy atom. The molecule has 4 heteroatoms. The molecule has 0 saturated carbocycles. The van der Waals surface area contributed by atoms with Gasteiger partial charge in [-0.15, -0.1) is 0 Å². The molecule has 0 heterocycles. The fraction of sp³-hybridized carbons (Fsp3) is 0.389. The van der Waals surface area contributed by atoms with Gasteiger partial charge in [0.2, 0.25) is 0 Å². The van der Waals surface area contributed by atoms with E-state index in [1.165, 1.54) is 0 Å². The predicted molar refractivity (Wildman–Crippen MR) is 88.3 cm³/mol. The largest absolute Gasteiger partial charge is 0.496 e. The molecule has 2 N–H and O–H groups in total. The SMILES string of the molecule is CCCC[C@H](NCc1cc(OC)c2ccccc2c1)C(=O)O. The maximum absolute atomic E-state index is 11.3. The maximum Gasteiger partial charge on any atom is 0.320 e. The van der Waals surface area contributed by atoms with E-state index in [0.717, 1.165) is 34.9 Å². The summed E-state index contributed by atoms with van der Waals surface area (Å²) in [4.78, 5) is 11.3. The first-order valence-electron chi connectivity index (χ1n) is 7.67. The molecule has 1 atom stereocenters. The number of carboxylic acid groups (broad SMARTS) is 1. The topological polar surface area (TPSA) is 58.6 Å². The van der Waals surface area contributed by atoms with Gasteiger partial charge in [-0.25, -0.2) is 0 Å². The third-order valence-corrected chi connectivity index (χ3v) is 3.80. The molecular weight excluding hydrogens is 278 g/mol. The zero-order valence-electron chi connectivity index (χ0n) is 13.1. The van der Waals surface area contributed by atoms with Crippen molar-refractivity contribution in [1.29, 1.82) is 0 Å². The summed E-state index contributed by atoms with van der Waals surface area (Å²) in [6.07, 6.45) is 2.55. The number of ether oxygens (including phenoxy) is 1. The first-order chi connectivity index (χ1) is 10.7. The van der Waals surface area contributed by atoms with Crippen LogP contribution in [0.15, 0.2) is 36.4 Å². The number of benzene rings is 2. The van der Waals surface area contributed by atoms with Crippen LogP contribution in [0.3, 0.4) is 0 Å². The molecule has 22 heavy (non-hydrogen) atoms. The lowest BCUT2D eigenvalue weighted by molar-refractivity contribution is -0.139. The number of methoxy groups -OCH3 is 1. The number of hydrogen-bond acceptors (Lipinski definition) is 3. The zero-order valence-corrected chi connectivity index (χ0v) is 13.1. The summed E-state index contributed by atoms with van der Waals surface area (Å²) in [5.41, 5.74) is 1.03. The minimum atomic E-state index is -0.791. The van der Waals surface area contributed by atoms with Gasteiger partial charge in [0.25, 0.3) is 0 Å². The Balaban J connectivity index is 2.15. The molecular formula is C18H23NO3. The van der Waals surface area contributed by atoms with Crippen molar-refractivity contribution in [3.05, 3.63) is 42.0 Å². The summed E-state index contributed by atoms with van der Waals surface area (Å²) in [5.74, 6) is 0.0246. The van der Waals surface area contributed by atoms with Gasteiger partial charge in [-0.1, -0.05) is 44.0 Å². The highest BCUT2D eigenvalue weighted by molar-refractivity contribution is 5.89. The first-order valence-corrected chi connectivity index (χ1v) is 7.67. The minimum Gasteiger partial charge on any atom is -0.496 e. The molecule has 0 aliphatic carbocycles. The summed E-state index contributed by atoms with van der Waals surface area (Å²) in [7, 11) is 1.65. The van der Waals surface area contributed by atoms with E-state index in [2.05, 4.69) is 18.3 Å². The van der Waals surface area contributed by atoms with Crippen LogP contribution < -0.4 is 10.1 Å². The van der Waals surface area contributed by atoms with Crippen LogP contribution in [0.2, 0.25) is 0 Å². The highest BCUT2D eigenvalue weighted by Crippen LogP contribution is 2.27. The molecule has 0 aliphatic rings. The van der Waals surface area contributed by atoms with Crippen molar-refractivity contribution in [1.82, 2.24) is 5.32 Å². The third-order valence-electron chi connectivity index (χ3n) is 3.80. The van der Waals surface area contributed by atoms with E-state index >= 15 is 0 Å². The van der Waals surface area contributed by atoms with Gasteiger partial charge in [0, 0.05) is 11.9 Å². The molecule has 0 unspecified atom stereocenters. The van der Waals surface area contributed by atoms with E-state index in [1.54, 1.807) is 7.11 Å². The van der Waals surface area contributed by atoms with Gasteiger partial charge in [-0.2, -0.15) is 0 Å². The molecule has 2 aromatic rings. The average molecular weight is 301 g/mol. The van der Waals surface area contributed by atoms with Crippen LogP contribution in [0, 0.1) is 0 Å². The quantitative estimate of drug-likeness (QED) is 0.782. The number of fused-ring (bicyclic) bond motifs is 1. The Labute approximate surface area is 131 Å². The number of carboxylic acids is 1. The monoisotopic (exact) mass is 301 g/mol. The van der Waals surface area contributed by atoms with Gasteiger partial charge in [0.05, 0.1) is 7.11 Å².